The third kappa shape index (κ3) is 3.90. The predicted molar refractivity (Wildman–Crippen MR) is 106 cm³/mol. The van der Waals surface area contributed by atoms with Crippen LogP contribution in [0.15, 0.2) is 42.5 Å². The Morgan fingerprint density at radius 3 is 2.79 bits per heavy atom. The maximum absolute atomic E-state index is 13.5. The maximum atomic E-state index is 13.5. The second-order valence-corrected chi connectivity index (χ2v) is 6.96. The first-order valence-electron chi connectivity index (χ1n) is 9.45. The average molecular weight is 382 g/mol. The van der Waals surface area contributed by atoms with Gasteiger partial charge in [0.2, 0.25) is 0 Å². The summed E-state index contributed by atoms with van der Waals surface area (Å²) < 4.78 is 20.8. The standard InChI is InChI=1S/C21H23FN4O2/c1-15-6-7-16(22)14-18(15)23-21(27)20-17-4-2-3-5-19(17)26(24-20)9-8-25-10-12-28-13-11-25/h2-7,14H,8-13H2,1H3,(H,23,27). The summed E-state index contributed by atoms with van der Waals surface area (Å²) >= 11 is 0. The normalized spacial score (nSPS) is 15.1. The smallest absolute Gasteiger partial charge is 0.276 e. The number of benzene rings is 2. The van der Waals surface area contributed by atoms with Crippen molar-refractivity contribution in [2.45, 2.75) is 13.5 Å². The lowest BCUT2D eigenvalue weighted by Crippen LogP contribution is -2.38. The van der Waals surface area contributed by atoms with E-state index in [1.807, 2.05) is 35.9 Å². The molecule has 3 aromatic rings. The molecular weight excluding hydrogens is 359 g/mol. The highest BCUT2D eigenvalue weighted by Gasteiger charge is 2.19. The molecule has 6 nitrogen and oxygen atoms in total. The number of aromatic nitrogens is 2. The minimum absolute atomic E-state index is 0.338. The molecule has 1 amide bonds. The molecule has 0 aliphatic carbocycles. The average Bonchev–Trinajstić information content (AvgIpc) is 3.09. The highest BCUT2D eigenvalue weighted by Crippen LogP contribution is 2.22. The van der Waals surface area contributed by atoms with E-state index in [9.17, 15) is 9.18 Å². The first-order chi connectivity index (χ1) is 13.6. The van der Waals surface area contributed by atoms with E-state index in [1.165, 1.54) is 12.1 Å². The molecular formula is C21H23FN4O2. The number of carbonyl (C=O) groups is 1. The van der Waals surface area contributed by atoms with Crippen molar-refractivity contribution < 1.29 is 13.9 Å². The molecule has 0 unspecified atom stereocenters. The number of aryl methyl sites for hydroxylation is 1. The lowest BCUT2D eigenvalue weighted by atomic mass is 10.1. The molecule has 1 aromatic heterocycles. The van der Waals surface area contributed by atoms with Crippen LogP contribution in [-0.4, -0.2) is 53.4 Å². The number of halogens is 1. The third-order valence-electron chi connectivity index (χ3n) is 5.05. The molecule has 1 N–H and O–H groups in total. The summed E-state index contributed by atoms with van der Waals surface area (Å²) in [5, 5.41) is 8.16. The SMILES string of the molecule is Cc1ccc(F)cc1NC(=O)c1nn(CCN2CCOCC2)c2ccccc12. The van der Waals surface area contributed by atoms with Crippen molar-refractivity contribution >= 4 is 22.5 Å². The van der Waals surface area contributed by atoms with Crippen LogP contribution >= 0.6 is 0 Å². The quantitative estimate of drug-likeness (QED) is 0.737. The van der Waals surface area contributed by atoms with Crippen molar-refractivity contribution in [3.8, 4) is 0 Å². The molecule has 0 saturated carbocycles. The number of fused-ring (bicyclic) bond motifs is 1. The molecule has 4 rings (SSSR count). The van der Waals surface area contributed by atoms with E-state index in [2.05, 4.69) is 15.3 Å². The Morgan fingerprint density at radius 2 is 1.96 bits per heavy atom. The summed E-state index contributed by atoms with van der Waals surface area (Å²) in [7, 11) is 0. The van der Waals surface area contributed by atoms with E-state index >= 15 is 0 Å². The van der Waals surface area contributed by atoms with Gasteiger partial charge in [0, 0.05) is 30.7 Å². The Balaban J connectivity index is 1.58. The molecule has 1 fully saturated rings. The van der Waals surface area contributed by atoms with Crippen LogP contribution in [0.1, 0.15) is 16.1 Å². The molecule has 0 radical (unpaired) electrons. The first kappa shape index (κ1) is 18.6. The summed E-state index contributed by atoms with van der Waals surface area (Å²) in [5.41, 5.74) is 2.51. The Bertz CT molecular complexity index is 995. The van der Waals surface area contributed by atoms with Crippen molar-refractivity contribution in [2.75, 3.05) is 38.2 Å². The Hall–Kier alpha value is -2.77. The molecule has 1 aliphatic rings. The fourth-order valence-corrected chi connectivity index (χ4v) is 3.44. The van der Waals surface area contributed by atoms with Crippen molar-refractivity contribution in [1.82, 2.24) is 14.7 Å². The number of rotatable bonds is 5. The van der Waals surface area contributed by atoms with Crippen LogP contribution in [-0.2, 0) is 11.3 Å². The van der Waals surface area contributed by atoms with Crippen LogP contribution in [0.4, 0.5) is 10.1 Å². The summed E-state index contributed by atoms with van der Waals surface area (Å²) in [6, 6.07) is 12.0. The van der Waals surface area contributed by atoms with Gasteiger partial charge < -0.3 is 10.1 Å². The van der Waals surface area contributed by atoms with Crippen molar-refractivity contribution in [1.29, 1.82) is 0 Å². The zero-order valence-corrected chi connectivity index (χ0v) is 15.8. The number of carbonyl (C=O) groups excluding carboxylic acids is 1. The number of nitrogens with one attached hydrogen (secondary N) is 1. The minimum atomic E-state index is -0.387. The first-order valence-corrected chi connectivity index (χ1v) is 9.45. The highest BCUT2D eigenvalue weighted by molar-refractivity contribution is 6.11. The number of morpholine rings is 1. The van der Waals surface area contributed by atoms with Gasteiger partial charge in [0.15, 0.2) is 5.69 Å². The van der Waals surface area contributed by atoms with Crippen LogP contribution in [0, 0.1) is 12.7 Å². The number of hydrogen-bond donors (Lipinski definition) is 1. The van der Waals surface area contributed by atoms with Crippen molar-refractivity contribution in [2.24, 2.45) is 0 Å². The maximum Gasteiger partial charge on any atom is 0.276 e. The molecule has 1 aliphatic heterocycles. The number of para-hydroxylation sites is 1. The van der Waals surface area contributed by atoms with Gasteiger partial charge in [0.25, 0.3) is 5.91 Å². The van der Waals surface area contributed by atoms with Gasteiger partial charge in [-0.2, -0.15) is 5.10 Å². The van der Waals surface area contributed by atoms with Gasteiger partial charge in [0.1, 0.15) is 5.82 Å². The Labute approximate surface area is 162 Å². The summed E-state index contributed by atoms with van der Waals surface area (Å²) in [4.78, 5) is 15.2. The van der Waals surface area contributed by atoms with E-state index in [4.69, 9.17) is 4.74 Å². The molecule has 0 spiro atoms. The van der Waals surface area contributed by atoms with E-state index in [1.54, 1.807) is 6.07 Å². The van der Waals surface area contributed by atoms with E-state index in [-0.39, 0.29) is 11.7 Å². The summed E-state index contributed by atoms with van der Waals surface area (Å²) in [6.07, 6.45) is 0. The minimum Gasteiger partial charge on any atom is -0.379 e. The fourth-order valence-electron chi connectivity index (χ4n) is 3.44. The fraction of sp³-hybridized carbons (Fsp3) is 0.333. The lowest BCUT2D eigenvalue weighted by Gasteiger charge is -2.26. The summed E-state index contributed by atoms with van der Waals surface area (Å²) in [5.74, 6) is -0.725. The number of amides is 1. The molecule has 2 aromatic carbocycles. The van der Waals surface area contributed by atoms with E-state index < -0.39 is 0 Å². The van der Waals surface area contributed by atoms with Crippen LogP contribution in [0.3, 0.4) is 0 Å². The van der Waals surface area contributed by atoms with Gasteiger partial charge in [-0.1, -0.05) is 24.3 Å². The lowest BCUT2D eigenvalue weighted by molar-refractivity contribution is 0.0361. The van der Waals surface area contributed by atoms with Crippen LogP contribution in [0.25, 0.3) is 10.9 Å². The van der Waals surface area contributed by atoms with Gasteiger partial charge in [-0.25, -0.2) is 4.39 Å². The number of anilines is 1. The predicted octanol–water partition coefficient (Wildman–Crippen LogP) is 3.07. The van der Waals surface area contributed by atoms with Crippen LogP contribution < -0.4 is 5.32 Å². The Morgan fingerprint density at radius 1 is 1.18 bits per heavy atom. The third-order valence-corrected chi connectivity index (χ3v) is 5.05. The van der Waals surface area contributed by atoms with Crippen molar-refractivity contribution in [3.05, 3.63) is 59.5 Å². The Kier molecular flexibility index (Phi) is 5.36. The van der Waals surface area contributed by atoms with Gasteiger partial charge in [-0.05, 0) is 30.7 Å². The monoisotopic (exact) mass is 382 g/mol. The van der Waals surface area contributed by atoms with Crippen LogP contribution in [0.2, 0.25) is 0 Å². The van der Waals surface area contributed by atoms with E-state index in [0.29, 0.717) is 17.9 Å². The van der Waals surface area contributed by atoms with Gasteiger partial charge in [-0.15, -0.1) is 0 Å². The van der Waals surface area contributed by atoms with Crippen LogP contribution in [0.5, 0.6) is 0 Å². The topological polar surface area (TPSA) is 59.4 Å². The molecule has 28 heavy (non-hydrogen) atoms. The molecule has 0 atom stereocenters. The zero-order chi connectivity index (χ0) is 19.5. The molecule has 1 saturated heterocycles. The number of ether oxygens (including phenoxy) is 1. The summed E-state index contributed by atoms with van der Waals surface area (Å²) in [6.45, 7) is 6.68. The second kappa shape index (κ2) is 8.08. The van der Waals surface area contributed by atoms with Gasteiger partial charge in [-0.3, -0.25) is 14.4 Å². The molecule has 146 valence electrons. The largest absolute Gasteiger partial charge is 0.379 e. The van der Waals surface area contributed by atoms with E-state index in [0.717, 1.165) is 49.3 Å². The van der Waals surface area contributed by atoms with Crippen molar-refractivity contribution in [3.63, 3.8) is 0 Å². The number of nitrogens with zero attached hydrogens (tertiary/aromatic N) is 3. The van der Waals surface area contributed by atoms with Gasteiger partial charge in [0.05, 0.1) is 25.3 Å². The second-order valence-electron chi connectivity index (χ2n) is 6.96. The molecule has 0 bridgehead atoms. The number of hydrogen-bond acceptors (Lipinski definition) is 4. The molecule has 2 heterocycles. The zero-order valence-electron chi connectivity index (χ0n) is 15.8. The molecule has 7 heteroatoms. The highest BCUT2D eigenvalue weighted by atomic mass is 19.1. The van der Waals surface area contributed by atoms with Gasteiger partial charge >= 0.3 is 0 Å².